The average molecular weight is 388 g/mol. The molecule has 0 aliphatic carbocycles. The van der Waals surface area contributed by atoms with Gasteiger partial charge in [0.25, 0.3) is 0 Å². The summed E-state index contributed by atoms with van der Waals surface area (Å²) in [5.41, 5.74) is 12.1. The SMILES string of the molecule is CCn1c(-c2nc3cc(CN4CCC[C@@H](N)C4)ccc3n2C)cc2ccccc21. The highest BCUT2D eigenvalue weighted by atomic mass is 15.1. The largest absolute Gasteiger partial charge is 0.338 e. The molecule has 0 saturated carbocycles. The molecule has 0 unspecified atom stereocenters. The fourth-order valence-corrected chi connectivity index (χ4v) is 4.80. The lowest BCUT2D eigenvalue weighted by atomic mass is 10.1. The van der Waals surface area contributed by atoms with Gasteiger partial charge in [0.05, 0.1) is 16.7 Å². The first-order chi connectivity index (χ1) is 14.1. The summed E-state index contributed by atoms with van der Waals surface area (Å²) in [7, 11) is 2.12. The molecule has 0 bridgehead atoms. The average Bonchev–Trinajstić information content (AvgIpc) is 3.25. The third-order valence-electron chi connectivity index (χ3n) is 6.25. The van der Waals surface area contributed by atoms with Crippen LogP contribution >= 0.6 is 0 Å². The first kappa shape index (κ1) is 18.4. The van der Waals surface area contributed by atoms with Gasteiger partial charge >= 0.3 is 0 Å². The molecule has 1 fully saturated rings. The number of para-hydroxylation sites is 1. The molecule has 0 radical (unpaired) electrons. The zero-order chi connectivity index (χ0) is 20.0. The van der Waals surface area contributed by atoms with Crippen LogP contribution in [0.2, 0.25) is 0 Å². The van der Waals surface area contributed by atoms with Crippen molar-refractivity contribution >= 4 is 21.9 Å². The zero-order valence-corrected chi connectivity index (χ0v) is 17.3. The van der Waals surface area contributed by atoms with Crippen molar-refractivity contribution in [2.24, 2.45) is 12.8 Å². The van der Waals surface area contributed by atoms with Crippen molar-refractivity contribution in [3.8, 4) is 11.5 Å². The Morgan fingerprint density at radius 1 is 1.10 bits per heavy atom. The summed E-state index contributed by atoms with van der Waals surface area (Å²) < 4.78 is 4.57. The summed E-state index contributed by atoms with van der Waals surface area (Å²) in [6.07, 6.45) is 2.34. The minimum atomic E-state index is 0.310. The predicted octanol–water partition coefficient (Wildman–Crippen LogP) is 4.14. The van der Waals surface area contributed by atoms with E-state index in [1.165, 1.54) is 34.1 Å². The van der Waals surface area contributed by atoms with E-state index in [2.05, 4.69) is 76.5 Å². The van der Waals surface area contributed by atoms with Crippen LogP contribution in [0, 0.1) is 0 Å². The number of imidazole rings is 1. The number of benzene rings is 2. The van der Waals surface area contributed by atoms with Gasteiger partial charge in [-0.25, -0.2) is 4.98 Å². The van der Waals surface area contributed by atoms with Crippen LogP contribution in [0.25, 0.3) is 33.5 Å². The molecule has 150 valence electrons. The van der Waals surface area contributed by atoms with Crippen LogP contribution in [-0.4, -0.2) is 38.1 Å². The van der Waals surface area contributed by atoms with Crippen molar-refractivity contribution < 1.29 is 0 Å². The van der Waals surface area contributed by atoms with E-state index in [4.69, 9.17) is 10.7 Å². The number of likely N-dealkylation sites (tertiary alicyclic amines) is 1. The van der Waals surface area contributed by atoms with Gasteiger partial charge in [-0.15, -0.1) is 0 Å². The molecule has 2 N–H and O–H groups in total. The number of aryl methyl sites for hydroxylation is 2. The van der Waals surface area contributed by atoms with E-state index in [-0.39, 0.29) is 0 Å². The third kappa shape index (κ3) is 3.24. The summed E-state index contributed by atoms with van der Waals surface area (Å²) in [5, 5.41) is 1.26. The van der Waals surface area contributed by atoms with Crippen LogP contribution < -0.4 is 5.73 Å². The summed E-state index contributed by atoms with van der Waals surface area (Å²) in [4.78, 5) is 7.52. The van der Waals surface area contributed by atoms with Crippen molar-refractivity contribution in [2.75, 3.05) is 13.1 Å². The fraction of sp³-hybridized carbons (Fsp3) is 0.375. The fourth-order valence-electron chi connectivity index (χ4n) is 4.80. The highest BCUT2D eigenvalue weighted by Crippen LogP contribution is 2.30. The van der Waals surface area contributed by atoms with Crippen LogP contribution in [0.3, 0.4) is 0 Å². The molecule has 5 rings (SSSR count). The molecule has 29 heavy (non-hydrogen) atoms. The van der Waals surface area contributed by atoms with Gasteiger partial charge in [0.1, 0.15) is 0 Å². The summed E-state index contributed by atoms with van der Waals surface area (Å²) in [6, 6.07) is 17.8. The Kier molecular flexibility index (Phi) is 4.64. The molecule has 1 aliphatic heterocycles. The van der Waals surface area contributed by atoms with Crippen LogP contribution in [0.15, 0.2) is 48.5 Å². The Hall–Kier alpha value is -2.63. The quantitative estimate of drug-likeness (QED) is 0.573. The summed E-state index contributed by atoms with van der Waals surface area (Å²) in [6.45, 7) is 6.19. The van der Waals surface area contributed by atoms with E-state index in [1.54, 1.807) is 0 Å². The number of hydrogen-bond acceptors (Lipinski definition) is 3. The highest BCUT2D eigenvalue weighted by Gasteiger charge is 2.19. The highest BCUT2D eigenvalue weighted by molar-refractivity contribution is 5.88. The molecule has 1 atom stereocenters. The van der Waals surface area contributed by atoms with E-state index in [1.807, 2.05) is 0 Å². The molecule has 5 nitrogen and oxygen atoms in total. The number of rotatable bonds is 4. The number of aromatic nitrogens is 3. The van der Waals surface area contributed by atoms with E-state index >= 15 is 0 Å². The van der Waals surface area contributed by atoms with Gasteiger partial charge in [0, 0.05) is 43.6 Å². The van der Waals surface area contributed by atoms with Crippen molar-refractivity contribution in [3.63, 3.8) is 0 Å². The number of nitrogens with zero attached hydrogens (tertiary/aromatic N) is 4. The Morgan fingerprint density at radius 3 is 2.79 bits per heavy atom. The van der Waals surface area contributed by atoms with Crippen molar-refractivity contribution in [1.82, 2.24) is 19.0 Å². The van der Waals surface area contributed by atoms with Gasteiger partial charge in [0.2, 0.25) is 0 Å². The molecule has 0 amide bonds. The molecule has 4 aromatic rings. The maximum atomic E-state index is 6.16. The minimum absolute atomic E-state index is 0.310. The second kappa shape index (κ2) is 7.32. The molecule has 5 heteroatoms. The Labute approximate surface area is 171 Å². The van der Waals surface area contributed by atoms with Gasteiger partial charge in [-0.05, 0) is 56.1 Å². The molecular formula is C24H29N5. The smallest absolute Gasteiger partial charge is 0.157 e. The molecule has 1 aliphatic rings. The Balaban J connectivity index is 1.54. The molecule has 0 spiro atoms. The van der Waals surface area contributed by atoms with E-state index in [0.29, 0.717) is 6.04 Å². The number of nitrogens with two attached hydrogens (primary N) is 1. The van der Waals surface area contributed by atoms with Crippen molar-refractivity contribution in [2.45, 2.75) is 38.9 Å². The number of hydrogen-bond donors (Lipinski definition) is 1. The number of piperidine rings is 1. The maximum Gasteiger partial charge on any atom is 0.157 e. The lowest BCUT2D eigenvalue weighted by Gasteiger charge is -2.30. The Bertz CT molecular complexity index is 1170. The topological polar surface area (TPSA) is 52.0 Å². The Morgan fingerprint density at radius 2 is 1.97 bits per heavy atom. The summed E-state index contributed by atoms with van der Waals surface area (Å²) in [5.74, 6) is 1.02. The van der Waals surface area contributed by atoms with Crippen LogP contribution in [0.4, 0.5) is 0 Å². The second-order valence-electron chi connectivity index (χ2n) is 8.29. The standard InChI is InChI=1S/C24H29N5/c1-3-29-21-9-5-4-7-18(21)14-23(29)24-26-20-13-17(10-11-22(20)27(24)2)15-28-12-6-8-19(25)16-28/h4-5,7,9-11,13-14,19H,3,6,8,12,15-16,25H2,1-2H3/t19-/m1/s1. The minimum Gasteiger partial charge on any atom is -0.338 e. The monoisotopic (exact) mass is 387 g/mol. The maximum absolute atomic E-state index is 6.16. The molecule has 1 saturated heterocycles. The predicted molar refractivity (Wildman–Crippen MR) is 120 cm³/mol. The normalized spacial score (nSPS) is 18.1. The van der Waals surface area contributed by atoms with Gasteiger partial charge in [-0.2, -0.15) is 0 Å². The van der Waals surface area contributed by atoms with E-state index in [9.17, 15) is 0 Å². The van der Waals surface area contributed by atoms with Gasteiger partial charge in [0.15, 0.2) is 5.82 Å². The molecule has 2 aromatic carbocycles. The molecule has 3 heterocycles. The van der Waals surface area contributed by atoms with Gasteiger partial charge < -0.3 is 14.9 Å². The van der Waals surface area contributed by atoms with Crippen molar-refractivity contribution in [3.05, 3.63) is 54.1 Å². The first-order valence-electron chi connectivity index (χ1n) is 10.7. The zero-order valence-electron chi connectivity index (χ0n) is 17.3. The second-order valence-corrected chi connectivity index (χ2v) is 8.29. The van der Waals surface area contributed by atoms with E-state index < -0.39 is 0 Å². The van der Waals surface area contributed by atoms with Crippen LogP contribution in [-0.2, 0) is 20.1 Å². The van der Waals surface area contributed by atoms with Crippen LogP contribution in [0.5, 0.6) is 0 Å². The van der Waals surface area contributed by atoms with Gasteiger partial charge in [-0.1, -0.05) is 24.3 Å². The lowest BCUT2D eigenvalue weighted by molar-refractivity contribution is 0.201. The van der Waals surface area contributed by atoms with Crippen LogP contribution in [0.1, 0.15) is 25.3 Å². The first-order valence-corrected chi connectivity index (χ1v) is 10.7. The van der Waals surface area contributed by atoms with Gasteiger partial charge in [-0.3, -0.25) is 4.90 Å². The summed E-state index contributed by atoms with van der Waals surface area (Å²) >= 11 is 0. The molecule has 2 aromatic heterocycles. The molecular weight excluding hydrogens is 358 g/mol. The van der Waals surface area contributed by atoms with Crippen molar-refractivity contribution in [1.29, 1.82) is 0 Å². The van der Waals surface area contributed by atoms with E-state index in [0.717, 1.165) is 43.9 Å². The third-order valence-corrected chi connectivity index (χ3v) is 6.25. The number of fused-ring (bicyclic) bond motifs is 2. The lowest BCUT2D eigenvalue weighted by Crippen LogP contribution is -2.42.